The van der Waals surface area contributed by atoms with Crippen molar-refractivity contribution in [1.29, 1.82) is 0 Å². The number of hydrogen-bond acceptors (Lipinski definition) is 8. The molecule has 3 amide bonds. The zero-order chi connectivity index (χ0) is 35.9. The number of nitrogens with zero attached hydrogens (tertiary/aromatic N) is 1. The lowest BCUT2D eigenvalue weighted by Gasteiger charge is -2.35. The Morgan fingerprint density at radius 2 is 1.42 bits per heavy atom. The van der Waals surface area contributed by atoms with Crippen LogP contribution in [0.1, 0.15) is 104 Å². The van der Waals surface area contributed by atoms with Gasteiger partial charge in [0.05, 0.1) is 6.61 Å². The van der Waals surface area contributed by atoms with Crippen LogP contribution in [0.3, 0.4) is 0 Å². The number of phenols is 1. The summed E-state index contributed by atoms with van der Waals surface area (Å²) in [5.41, 5.74) is -0.624. The number of aliphatic hydroxyl groups is 1. The van der Waals surface area contributed by atoms with Crippen LogP contribution in [0.2, 0.25) is 0 Å². The third kappa shape index (κ3) is 14.3. The summed E-state index contributed by atoms with van der Waals surface area (Å²) in [4.78, 5) is 56.0. The molecule has 0 saturated heterocycles. The minimum Gasteiger partial charge on any atom is -0.508 e. The molecular weight excluding hydrogens is 614 g/mol. The number of unbranched alkanes of at least 4 members (excludes halogenated alkanes) is 5. The van der Waals surface area contributed by atoms with Crippen molar-refractivity contribution < 1.29 is 38.9 Å². The summed E-state index contributed by atoms with van der Waals surface area (Å²) in [5.74, 6) is -2.20. The van der Waals surface area contributed by atoms with Crippen molar-refractivity contribution in [1.82, 2.24) is 15.5 Å². The summed E-state index contributed by atoms with van der Waals surface area (Å²) >= 11 is 0. The van der Waals surface area contributed by atoms with E-state index < -0.39 is 59.8 Å². The van der Waals surface area contributed by atoms with Gasteiger partial charge < -0.3 is 35.2 Å². The SMILES string of the molecule is CCCCCCCCN(C(=O)C(CO)NC(=O)OC(C)(C)C)C(C(=O)NC(Cc1ccccc1)C(=O)OC(C)(C)C)c1cccc(O)c1. The van der Waals surface area contributed by atoms with Gasteiger partial charge in [-0.25, -0.2) is 9.59 Å². The van der Waals surface area contributed by atoms with Gasteiger partial charge in [0.1, 0.15) is 35.1 Å². The number of esters is 1. The fraction of sp³-hybridized carbons (Fsp3) is 0.568. The fourth-order valence-corrected chi connectivity index (χ4v) is 5.10. The normalized spacial score (nSPS) is 13.5. The molecule has 0 aliphatic rings. The zero-order valence-corrected chi connectivity index (χ0v) is 29.6. The molecule has 0 aromatic heterocycles. The molecular formula is C37H55N3O8. The number of amides is 3. The Kier molecular flexibility index (Phi) is 15.9. The van der Waals surface area contributed by atoms with Crippen molar-refractivity contribution in [2.75, 3.05) is 13.2 Å². The van der Waals surface area contributed by atoms with E-state index in [9.17, 15) is 29.4 Å². The maximum atomic E-state index is 14.4. The number of carbonyl (C=O) groups excluding carboxylic acids is 4. The first kappa shape index (κ1) is 40.1. The summed E-state index contributed by atoms with van der Waals surface area (Å²) in [6.07, 6.45) is 4.63. The van der Waals surface area contributed by atoms with Crippen LogP contribution >= 0.6 is 0 Å². The van der Waals surface area contributed by atoms with E-state index in [1.54, 1.807) is 53.7 Å². The van der Waals surface area contributed by atoms with Gasteiger partial charge in [-0.15, -0.1) is 0 Å². The Labute approximate surface area is 285 Å². The molecule has 0 saturated carbocycles. The molecule has 2 aromatic rings. The van der Waals surface area contributed by atoms with Crippen molar-refractivity contribution in [3.8, 4) is 5.75 Å². The average Bonchev–Trinajstić information content (AvgIpc) is 2.99. The van der Waals surface area contributed by atoms with Gasteiger partial charge in [-0.2, -0.15) is 0 Å². The summed E-state index contributed by atoms with van der Waals surface area (Å²) in [7, 11) is 0. The molecule has 0 aliphatic carbocycles. The molecule has 0 spiro atoms. The number of phenolic OH excluding ortho intramolecular Hbond substituents is 1. The Morgan fingerprint density at radius 3 is 2.00 bits per heavy atom. The molecule has 3 unspecified atom stereocenters. The molecule has 4 N–H and O–H groups in total. The number of alkyl carbamates (subject to hydrolysis) is 1. The zero-order valence-electron chi connectivity index (χ0n) is 29.6. The van der Waals surface area contributed by atoms with Crippen LogP contribution in [0.25, 0.3) is 0 Å². The number of aliphatic hydroxyl groups excluding tert-OH is 1. The number of benzene rings is 2. The third-order valence-corrected chi connectivity index (χ3v) is 7.24. The summed E-state index contributed by atoms with van der Waals surface area (Å²) in [6.45, 7) is 11.7. The van der Waals surface area contributed by atoms with Gasteiger partial charge in [-0.1, -0.05) is 81.5 Å². The van der Waals surface area contributed by atoms with Gasteiger partial charge in [0.15, 0.2) is 0 Å². The van der Waals surface area contributed by atoms with Crippen molar-refractivity contribution in [3.05, 3.63) is 65.7 Å². The van der Waals surface area contributed by atoms with E-state index in [2.05, 4.69) is 17.6 Å². The fourth-order valence-electron chi connectivity index (χ4n) is 5.10. The predicted molar refractivity (Wildman–Crippen MR) is 184 cm³/mol. The monoisotopic (exact) mass is 669 g/mol. The van der Waals surface area contributed by atoms with Gasteiger partial charge in [0.2, 0.25) is 11.8 Å². The third-order valence-electron chi connectivity index (χ3n) is 7.24. The van der Waals surface area contributed by atoms with Crippen LogP contribution in [0.5, 0.6) is 5.75 Å². The van der Waals surface area contributed by atoms with E-state index in [1.807, 2.05) is 30.3 Å². The molecule has 2 aromatic carbocycles. The first-order valence-corrected chi connectivity index (χ1v) is 16.8. The maximum absolute atomic E-state index is 14.4. The number of rotatable bonds is 17. The molecule has 0 fully saturated rings. The second-order valence-electron chi connectivity index (χ2n) is 14.0. The first-order chi connectivity index (χ1) is 22.5. The molecule has 48 heavy (non-hydrogen) atoms. The topological polar surface area (TPSA) is 154 Å². The van der Waals surface area contributed by atoms with Crippen LogP contribution in [-0.2, 0) is 30.3 Å². The lowest BCUT2D eigenvalue weighted by Crippen LogP contribution is -2.56. The van der Waals surface area contributed by atoms with Crippen molar-refractivity contribution in [2.45, 2.75) is 123 Å². The van der Waals surface area contributed by atoms with Crippen LogP contribution in [0.15, 0.2) is 54.6 Å². The molecule has 3 atom stereocenters. The summed E-state index contributed by atoms with van der Waals surface area (Å²) in [6, 6.07) is 11.2. The lowest BCUT2D eigenvalue weighted by atomic mass is 10.00. The predicted octanol–water partition coefficient (Wildman–Crippen LogP) is 5.58. The van der Waals surface area contributed by atoms with E-state index in [1.165, 1.54) is 17.0 Å². The standard InChI is InChI=1S/C37H55N3O8/c1-8-9-10-11-12-16-22-40(33(44)30(25-41)39-35(46)48-37(5,6)7)31(27-20-17-21-28(42)24-27)32(43)38-29(34(45)47-36(2,3)4)23-26-18-14-13-15-19-26/h13-15,17-21,24,29-31,41-42H,8-12,16,22-23,25H2,1-7H3,(H,38,43)(H,39,46). The highest BCUT2D eigenvalue weighted by molar-refractivity contribution is 5.94. The average molecular weight is 670 g/mol. The van der Waals surface area contributed by atoms with Crippen molar-refractivity contribution >= 4 is 23.9 Å². The van der Waals surface area contributed by atoms with Gasteiger partial charge in [0.25, 0.3) is 0 Å². The van der Waals surface area contributed by atoms with Gasteiger partial charge >= 0.3 is 12.1 Å². The van der Waals surface area contributed by atoms with Crippen molar-refractivity contribution in [2.24, 2.45) is 0 Å². The highest BCUT2D eigenvalue weighted by Crippen LogP contribution is 2.27. The molecule has 266 valence electrons. The second kappa shape index (κ2) is 19.0. The highest BCUT2D eigenvalue weighted by atomic mass is 16.6. The molecule has 0 heterocycles. The van der Waals surface area contributed by atoms with Crippen LogP contribution in [0, 0.1) is 0 Å². The van der Waals surface area contributed by atoms with Crippen LogP contribution < -0.4 is 10.6 Å². The summed E-state index contributed by atoms with van der Waals surface area (Å²) in [5, 5.41) is 25.9. The Morgan fingerprint density at radius 1 is 0.792 bits per heavy atom. The molecule has 0 bridgehead atoms. The smallest absolute Gasteiger partial charge is 0.408 e. The maximum Gasteiger partial charge on any atom is 0.408 e. The minimum absolute atomic E-state index is 0.0982. The lowest BCUT2D eigenvalue weighted by molar-refractivity contribution is -0.159. The molecule has 0 radical (unpaired) electrons. The van der Waals surface area contributed by atoms with E-state index in [0.29, 0.717) is 6.42 Å². The number of carbonyl (C=O) groups is 4. The van der Waals surface area contributed by atoms with Gasteiger partial charge in [-0.3, -0.25) is 9.59 Å². The Bertz CT molecular complexity index is 1320. The number of nitrogens with one attached hydrogen (secondary N) is 2. The van der Waals surface area contributed by atoms with E-state index in [0.717, 1.165) is 37.7 Å². The Hall–Kier alpha value is -4.12. The Balaban J connectivity index is 2.56. The second-order valence-corrected chi connectivity index (χ2v) is 14.0. The molecule has 11 nitrogen and oxygen atoms in total. The largest absolute Gasteiger partial charge is 0.508 e. The van der Waals surface area contributed by atoms with E-state index in [4.69, 9.17) is 9.47 Å². The molecule has 0 aliphatic heterocycles. The first-order valence-electron chi connectivity index (χ1n) is 16.8. The van der Waals surface area contributed by atoms with Crippen LogP contribution in [-0.4, -0.2) is 75.4 Å². The van der Waals surface area contributed by atoms with Gasteiger partial charge in [-0.05, 0) is 71.2 Å². The number of hydrogen-bond donors (Lipinski definition) is 4. The van der Waals surface area contributed by atoms with Gasteiger partial charge in [0, 0.05) is 13.0 Å². The quantitative estimate of drug-likeness (QED) is 0.126. The summed E-state index contributed by atoms with van der Waals surface area (Å²) < 4.78 is 11.0. The highest BCUT2D eigenvalue weighted by Gasteiger charge is 2.38. The number of aromatic hydroxyl groups is 1. The molecule has 2 rings (SSSR count). The molecule has 11 heteroatoms. The van der Waals surface area contributed by atoms with Crippen LogP contribution in [0.4, 0.5) is 4.79 Å². The number of ether oxygens (including phenoxy) is 2. The van der Waals surface area contributed by atoms with E-state index >= 15 is 0 Å². The van der Waals surface area contributed by atoms with E-state index in [-0.39, 0.29) is 24.3 Å². The minimum atomic E-state index is -1.43. The van der Waals surface area contributed by atoms with Crippen molar-refractivity contribution in [3.63, 3.8) is 0 Å².